The quantitative estimate of drug-likeness (QED) is 0.202. The van der Waals surface area contributed by atoms with Gasteiger partial charge in [-0.25, -0.2) is 4.98 Å². The number of nitrogens with zero attached hydrogens (tertiary/aromatic N) is 3. The SMILES string of the molecule is CCCSc1nc(Cl)c([N+](=O)[O-])c(N[C@H]2C=C[C@@H](O)C23CC3)n1. The van der Waals surface area contributed by atoms with Crippen LogP contribution in [0.15, 0.2) is 17.3 Å². The molecule has 2 aliphatic carbocycles. The van der Waals surface area contributed by atoms with E-state index in [2.05, 4.69) is 15.3 Å². The third-order valence-electron chi connectivity index (χ3n) is 4.25. The highest BCUT2D eigenvalue weighted by Crippen LogP contribution is 2.56. The number of rotatable bonds is 6. The Labute approximate surface area is 142 Å². The van der Waals surface area contributed by atoms with E-state index in [-0.39, 0.29) is 28.1 Å². The lowest BCUT2D eigenvalue weighted by molar-refractivity contribution is -0.384. The van der Waals surface area contributed by atoms with Crippen LogP contribution >= 0.6 is 23.4 Å². The number of thioether (sulfide) groups is 1. The molecular formula is C14H17ClN4O3S. The van der Waals surface area contributed by atoms with Crippen LogP contribution in [0.25, 0.3) is 0 Å². The second-order valence-electron chi connectivity index (χ2n) is 5.78. The molecule has 2 aliphatic rings. The Morgan fingerprint density at radius 2 is 2.26 bits per heavy atom. The van der Waals surface area contributed by atoms with E-state index in [1.807, 2.05) is 13.0 Å². The summed E-state index contributed by atoms with van der Waals surface area (Å²) in [5, 5.41) is 24.7. The minimum atomic E-state index is -0.576. The first kappa shape index (κ1) is 16.5. The van der Waals surface area contributed by atoms with Crippen LogP contribution in [0.2, 0.25) is 5.15 Å². The highest BCUT2D eigenvalue weighted by molar-refractivity contribution is 7.99. The maximum atomic E-state index is 11.3. The second kappa shape index (κ2) is 6.26. The van der Waals surface area contributed by atoms with Gasteiger partial charge in [-0.2, -0.15) is 4.98 Å². The van der Waals surface area contributed by atoms with Crippen LogP contribution in [0.1, 0.15) is 26.2 Å². The molecule has 23 heavy (non-hydrogen) atoms. The van der Waals surface area contributed by atoms with Crippen molar-refractivity contribution >= 4 is 34.9 Å². The van der Waals surface area contributed by atoms with Crippen LogP contribution in [-0.4, -0.2) is 37.9 Å². The zero-order chi connectivity index (χ0) is 16.6. The molecular weight excluding hydrogens is 340 g/mol. The summed E-state index contributed by atoms with van der Waals surface area (Å²) in [5.41, 5.74) is -0.583. The summed E-state index contributed by atoms with van der Waals surface area (Å²) in [6, 6.07) is -0.189. The molecule has 0 radical (unpaired) electrons. The highest BCUT2D eigenvalue weighted by Gasteiger charge is 2.56. The fraction of sp³-hybridized carbons (Fsp3) is 0.571. The van der Waals surface area contributed by atoms with Crippen molar-refractivity contribution in [1.82, 2.24) is 9.97 Å². The van der Waals surface area contributed by atoms with Gasteiger partial charge in [0.2, 0.25) is 11.0 Å². The Hall–Kier alpha value is -1.38. The Morgan fingerprint density at radius 3 is 2.87 bits per heavy atom. The number of aliphatic hydroxyl groups excluding tert-OH is 1. The lowest BCUT2D eigenvalue weighted by Crippen LogP contribution is -2.32. The predicted octanol–water partition coefficient (Wildman–Crippen LogP) is 3.03. The summed E-state index contributed by atoms with van der Waals surface area (Å²) in [5.74, 6) is 0.920. The second-order valence-corrected chi connectivity index (χ2v) is 7.20. The summed E-state index contributed by atoms with van der Waals surface area (Å²) in [4.78, 5) is 19.0. The molecule has 0 unspecified atom stereocenters. The van der Waals surface area contributed by atoms with Crippen molar-refractivity contribution in [3.8, 4) is 0 Å². The van der Waals surface area contributed by atoms with Crippen LogP contribution in [0, 0.1) is 15.5 Å². The van der Waals surface area contributed by atoms with Crippen molar-refractivity contribution in [2.24, 2.45) is 5.41 Å². The predicted molar refractivity (Wildman–Crippen MR) is 88.9 cm³/mol. The van der Waals surface area contributed by atoms with E-state index in [0.717, 1.165) is 25.0 Å². The molecule has 7 nitrogen and oxygen atoms in total. The van der Waals surface area contributed by atoms with Crippen molar-refractivity contribution in [2.75, 3.05) is 11.1 Å². The van der Waals surface area contributed by atoms with Gasteiger partial charge in [0.1, 0.15) is 0 Å². The maximum absolute atomic E-state index is 11.3. The van der Waals surface area contributed by atoms with E-state index in [1.165, 1.54) is 11.8 Å². The fourth-order valence-electron chi connectivity index (χ4n) is 2.80. The van der Waals surface area contributed by atoms with E-state index in [9.17, 15) is 15.2 Å². The molecule has 1 fully saturated rings. The third kappa shape index (κ3) is 3.02. The van der Waals surface area contributed by atoms with Gasteiger partial charge in [-0.3, -0.25) is 10.1 Å². The van der Waals surface area contributed by atoms with Crippen molar-refractivity contribution in [3.63, 3.8) is 0 Å². The van der Waals surface area contributed by atoms with Crippen LogP contribution < -0.4 is 5.32 Å². The van der Waals surface area contributed by atoms with Crippen LogP contribution in [-0.2, 0) is 0 Å². The average Bonchev–Trinajstić information content (AvgIpc) is 3.24. The molecule has 0 bridgehead atoms. The van der Waals surface area contributed by atoms with Gasteiger partial charge in [0, 0.05) is 11.2 Å². The number of hydrogen-bond donors (Lipinski definition) is 2. The van der Waals surface area contributed by atoms with Crippen molar-refractivity contribution in [2.45, 2.75) is 43.5 Å². The monoisotopic (exact) mass is 356 g/mol. The Morgan fingerprint density at radius 1 is 1.52 bits per heavy atom. The van der Waals surface area contributed by atoms with Crippen molar-refractivity contribution < 1.29 is 10.0 Å². The number of aromatic nitrogens is 2. The molecule has 124 valence electrons. The fourth-order valence-corrected chi connectivity index (χ4v) is 3.79. The largest absolute Gasteiger partial charge is 0.388 e. The zero-order valence-electron chi connectivity index (χ0n) is 12.5. The summed E-state index contributed by atoms with van der Waals surface area (Å²) in [7, 11) is 0. The highest BCUT2D eigenvalue weighted by atomic mass is 35.5. The standard InChI is InChI=1S/C14H17ClN4O3S/c1-2-7-23-13-17-11(15)10(19(21)22)12(18-13)16-8-3-4-9(20)14(8)5-6-14/h3-4,8-9,20H,2,5-7H2,1H3,(H,16,17,18)/t8-,9+/m0/s1. The lowest BCUT2D eigenvalue weighted by Gasteiger charge is -2.23. The van der Waals surface area contributed by atoms with Gasteiger partial charge in [-0.05, 0) is 19.3 Å². The summed E-state index contributed by atoms with van der Waals surface area (Å²) in [6.45, 7) is 2.03. The number of nitrogens with one attached hydrogen (secondary N) is 1. The van der Waals surface area contributed by atoms with Gasteiger partial charge in [0.25, 0.3) is 0 Å². The number of hydrogen-bond acceptors (Lipinski definition) is 7. The smallest absolute Gasteiger partial charge is 0.348 e. The van der Waals surface area contributed by atoms with Crippen molar-refractivity contribution in [3.05, 3.63) is 27.4 Å². The molecule has 1 heterocycles. The number of nitro groups is 1. The first-order chi connectivity index (χ1) is 11.0. The van der Waals surface area contributed by atoms with Gasteiger partial charge >= 0.3 is 5.69 Å². The topological polar surface area (TPSA) is 101 Å². The molecule has 1 aromatic heterocycles. The van der Waals surface area contributed by atoms with E-state index in [0.29, 0.717) is 5.16 Å². The molecule has 0 saturated heterocycles. The number of aliphatic hydroxyl groups is 1. The van der Waals surface area contributed by atoms with Crippen molar-refractivity contribution in [1.29, 1.82) is 0 Å². The van der Waals surface area contributed by atoms with Gasteiger partial charge in [-0.1, -0.05) is 42.4 Å². The van der Waals surface area contributed by atoms with Crippen LogP contribution in [0.3, 0.4) is 0 Å². The minimum absolute atomic E-state index is 0.114. The summed E-state index contributed by atoms with van der Waals surface area (Å²) < 4.78 is 0. The van der Waals surface area contributed by atoms with Gasteiger partial charge in [0.15, 0.2) is 5.16 Å². The summed E-state index contributed by atoms with van der Waals surface area (Å²) >= 11 is 7.40. The van der Waals surface area contributed by atoms with Gasteiger partial charge in [-0.15, -0.1) is 0 Å². The van der Waals surface area contributed by atoms with Gasteiger partial charge < -0.3 is 10.4 Å². The van der Waals surface area contributed by atoms with Crippen LogP contribution in [0.5, 0.6) is 0 Å². The molecule has 1 saturated carbocycles. The van der Waals surface area contributed by atoms with Gasteiger partial charge in [0.05, 0.1) is 17.1 Å². The molecule has 1 aromatic rings. The number of anilines is 1. The van der Waals surface area contributed by atoms with E-state index in [1.54, 1.807) is 6.08 Å². The Kier molecular flexibility index (Phi) is 4.48. The maximum Gasteiger partial charge on any atom is 0.348 e. The zero-order valence-corrected chi connectivity index (χ0v) is 14.1. The first-order valence-electron chi connectivity index (χ1n) is 7.45. The van der Waals surface area contributed by atoms with E-state index < -0.39 is 11.0 Å². The minimum Gasteiger partial charge on any atom is -0.388 e. The molecule has 0 amide bonds. The first-order valence-corrected chi connectivity index (χ1v) is 8.82. The Bertz CT molecular complexity index is 666. The average molecular weight is 357 g/mol. The van der Waals surface area contributed by atoms with Crippen LogP contribution in [0.4, 0.5) is 11.5 Å². The molecule has 3 rings (SSSR count). The van der Waals surface area contributed by atoms with E-state index >= 15 is 0 Å². The molecule has 0 aliphatic heterocycles. The molecule has 9 heteroatoms. The molecule has 1 spiro atoms. The lowest BCUT2D eigenvalue weighted by atomic mass is 9.97. The summed E-state index contributed by atoms with van der Waals surface area (Å²) in [6.07, 6.45) is 5.74. The van der Waals surface area contributed by atoms with E-state index in [4.69, 9.17) is 11.6 Å². The molecule has 2 N–H and O–H groups in total. The number of halogens is 1. The third-order valence-corrected chi connectivity index (χ3v) is 5.57. The molecule has 0 aromatic carbocycles. The molecule has 2 atom stereocenters. The normalized spacial score (nSPS) is 24.1. The Balaban J connectivity index is 1.91.